The van der Waals surface area contributed by atoms with E-state index in [1.54, 1.807) is 6.92 Å². The van der Waals surface area contributed by atoms with Gasteiger partial charge in [-0.15, -0.1) is 12.3 Å². The van der Waals surface area contributed by atoms with Crippen LogP contribution in [0.15, 0.2) is 41.6 Å². The second kappa shape index (κ2) is 8.62. The van der Waals surface area contributed by atoms with Crippen LogP contribution in [0.3, 0.4) is 0 Å². The van der Waals surface area contributed by atoms with Crippen molar-refractivity contribution < 1.29 is 24.2 Å². The number of aliphatic hydroxyl groups is 1. The number of imidazole rings is 1. The Morgan fingerprint density at radius 3 is 2.86 bits per heavy atom. The van der Waals surface area contributed by atoms with Crippen LogP contribution < -0.4 is 10.8 Å². The predicted molar refractivity (Wildman–Crippen MR) is 139 cm³/mol. The van der Waals surface area contributed by atoms with E-state index in [0.717, 1.165) is 23.5 Å². The van der Waals surface area contributed by atoms with Crippen molar-refractivity contribution in [3.63, 3.8) is 0 Å². The molecule has 2 aromatic rings. The summed E-state index contributed by atoms with van der Waals surface area (Å²) in [4.78, 5) is 29.6. The van der Waals surface area contributed by atoms with E-state index in [4.69, 9.17) is 14.5 Å². The second-order valence-corrected chi connectivity index (χ2v) is 15.4. The highest BCUT2D eigenvalue weighted by atomic mass is 28.3. The fraction of sp³-hybridized carbons (Fsp3) is 0.393. The number of nitrogens with zero attached hydrogens (tertiary/aromatic N) is 2. The average molecular weight is 505 g/mol. The van der Waals surface area contributed by atoms with Crippen molar-refractivity contribution in [1.29, 1.82) is 0 Å². The molecule has 5 rings (SSSR count). The molecular formula is C28H32N2O5Si. The van der Waals surface area contributed by atoms with Crippen molar-refractivity contribution in [2.24, 2.45) is 0 Å². The third-order valence-electron chi connectivity index (χ3n) is 7.77. The summed E-state index contributed by atoms with van der Waals surface area (Å²) >= 11 is 0. The van der Waals surface area contributed by atoms with E-state index in [2.05, 4.69) is 49.6 Å². The van der Waals surface area contributed by atoms with Gasteiger partial charge in [-0.3, -0.25) is 4.79 Å². The minimum Gasteiger partial charge on any atom is -0.505 e. The van der Waals surface area contributed by atoms with Gasteiger partial charge in [0, 0.05) is 24.5 Å². The number of aromatic nitrogens is 2. The van der Waals surface area contributed by atoms with E-state index in [1.807, 2.05) is 4.57 Å². The minimum absolute atomic E-state index is 0.0389. The molecule has 36 heavy (non-hydrogen) atoms. The summed E-state index contributed by atoms with van der Waals surface area (Å²) in [7, 11) is -1.45. The van der Waals surface area contributed by atoms with Gasteiger partial charge in [-0.05, 0) is 35.6 Å². The molecule has 0 spiro atoms. The number of hydrogen-bond donors (Lipinski definition) is 1. The van der Waals surface area contributed by atoms with Crippen LogP contribution >= 0.6 is 0 Å². The summed E-state index contributed by atoms with van der Waals surface area (Å²) in [5.41, 5.74) is 6.78. The van der Waals surface area contributed by atoms with Crippen molar-refractivity contribution in [3.05, 3.63) is 74.8 Å². The smallest absolute Gasteiger partial charge is 0.355 e. The maximum absolute atomic E-state index is 12.8. The Morgan fingerprint density at radius 1 is 1.39 bits per heavy atom. The molecule has 0 unspecified atom stereocenters. The molecule has 0 bridgehead atoms. The summed E-state index contributed by atoms with van der Waals surface area (Å²) < 4.78 is 13.0. The molecule has 1 aromatic carbocycles. The first kappa shape index (κ1) is 24.3. The fourth-order valence-corrected chi connectivity index (χ4v) is 6.63. The van der Waals surface area contributed by atoms with E-state index >= 15 is 0 Å². The Hall–Kier alpha value is -3.39. The number of esters is 2. The van der Waals surface area contributed by atoms with Crippen molar-refractivity contribution >= 4 is 31.8 Å². The van der Waals surface area contributed by atoms with Crippen molar-refractivity contribution in [2.75, 3.05) is 6.61 Å². The van der Waals surface area contributed by atoms with Crippen molar-refractivity contribution in [1.82, 2.24) is 9.55 Å². The summed E-state index contributed by atoms with van der Waals surface area (Å²) in [5.74, 6) is -1.14. The van der Waals surface area contributed by atoms with Gasteiger partial charge in [-0.1, -0.05) is 44.3 Å². The van der Waals surface area contributed by atoms with Crippen LogP contribution in [0.2, 0.25) is 19.1 Å². The highest BCUT2D eigenvalue weighted by Gasteiger charge is 2.51. The van der Waals surface area contributed by atoms with Crippen LogP contribution in [0.1, 0.15) is 42.7 Å². The zero-order valence-electron chi connectivity index (χ0n) is 21.3. The first-order chi connectivity index (χ1) is 17.1. The third-order valence-corrected chi connectivity index (χ3v) is 10.4. The predicted octanol–water partition coefficient (Wildman–Crippen LogP) is 2.84. The van der Waals surface area contributed by atoms with Gasteiger partial charge >= 0.3 is 11.9 Å². The van der Waals surface area contributed by atoms with E-state index in [-0.39, 0.29) is 18.8 Å². The Bertz CT molecular complexity index is 1470. The number of rotatable bonds is 6. The SMILES string of the molecule is C=C[Si](C)(C)CCc1cccc2c1Cn1c(nc3c1=C(O)C1=C(C3)[C@](CC)(OC(C)=O)C(=O)OC1)=C2. The number of hydrogen-bond acceptors (Lipinski definition) is 6. The van der Waals surface area contributed by atoms with Crippen LogP contribution in [0.25, 0.3) is 11.8 Å². The summed E-state index contributed by atoms with van der Waals surface area (Å²) in [6.45, 7) is 12.3. The molecule has 3 heterocycles. The molecule has 1 aliphatic carbocycles. The summed E-state index contributed by atoms with van der Waals surface area (Å²) in [6.07, 6.45) is 3.56. The van der Waals surface area contributed by atoms with E-state index in [0.29, 0.717) is 35.2 Å². The number of ether oxygens (including phenoxy) is 2. The van der Waals surface area contributed by atoms with Gasteiger partial charge in [0.1, 0.15) is 23.2 Å². The molecule has 8 heteroatoms. The first-order valence-corrected chi connectivity index (χ1v) is 15.7. The lowest BCUT2D eigenvalue weighted by Crippen LogP contribution is -2.51. The number of carbonyl (C=O) groups excluding carboxylic acids is 2. The summed E-state index contributed by atoms with van der Waals surface area (Å²) in [6, 6.07) is 7.51. The first-order valence-electron chi connectivity index (χ1n) is 12.4. The van der Waals surface area contributed by atoms with Crippen LogP contribution in [0.4, 0.5) is 0 Å². The highest BCUT2D eigenvalue weighted by Crippen LogP contribution is 2.39. The molecule has 2 aliphatic heterocycles. The lowest BCUT2D eigenvalue weighted by molar-refractivity contribution is -0.179. The number of cyclic esters (lactones) is 1. The van der Waals surface area contributed by atoms with Gasteiger partial charge in [0.05, 0.1) is 20.3 Å². The molecule has 0 radical (unpaired) electrons. The third kappa shape index (κ3) is 3.75. The molecule has 1 N–H and O–H groups in total. The fourth-order valence-electron chi connectivity index (χ4n) is 5.51. The molecule has 1 atom stereocenters. The maximum Gasteiger partial charge on any atom is 0.355 e. The molecule has 188 valence electrons. The van der Waals surface area contributed by atoms with Gasteiger partial charge in [0.15, 0.2) is 0 Å². The Kier molecular flexibility index (Phi) is 5.82. The number of aryl methyl sites for hydroxylation is 1. The molecule has 7 nitrogen and oxygen atoms in total. The lowest BCUT2D eigenvalue weighted by atomic mass is 9.80. The van der Waals surface area contributed by atoms with E-state index < -0.39 is 25.6 Å². The topological polar surface area (TPSA) is 90.6 Å². The Labute approximate surface area is 211 Å². The zero-order chi connectivity index (χ0) is 25.8. The van der Waals surface area contributed by atoms with Crippen LogP contribution in [-0.4, -0.2) is 46.9 Å². The molecule has 0 saturated heterocycles. The van der Waals surface area contributed by atoms with Crippen LogP contribution in [0.5, 0.6) is 0 Å². The van der Waals surface area contributed by atoms with Gasteiger partial charge in [-0.2, -0.15) is 0 Å². The van der Waals surface area contributed by atoms with Gasteiger partial charge < -0.3 is 19.1 Å². The monoisotopic (exact) mass is 504 g/mol. The molecule has 1 aromatic heterocycles. The van der Waals surface area contributed by atoms with E-state index in [1.165, 1.54) is 18.1 Å². The van der Waals surface area contributed by atoms with E-state index in [9.17, 15) is 14.7 Å². The van der Waals surface area contributed by atoms with Crippen LogP contribution in [-0.2, 0) is 38.4 Å². The number of fused-ring (bicyclic) bond motifs is 4. The minimum atomic E-state index is -1.54. The number of benzene rings is 1. The highest BCUT2D eigenvalue weighted by molar-refractivity contribution is 6.82. The Morgan fingerprint density at radius 2 is 2.17 bits per heavy atom. The van der Waals surface area contributed by atoms with Gasteiger partial charge in [0.2, 0.25) is 5.60 Å². The quantitative estimate of drug-likeness (QED) is 0.410. The molecule has 3 aliphatic rings. The second-order valence-electron chi connectivity index (χ2n) is 10.5. The zero-order valence-corrected chi connectivity index (χ0v) is 22.3. The average Bonchev–Trinajstić information content (AvgIpc) is 3.20. The molecular weight excluding hydrogens is 472 g/mol. The normalized spacial score (nSPS) is 20.4. The standard InChI is InChI=1S/C28H32N2O5Si/c1-6-28(35-17(3)31)22-14-23-25(26(32)21(22)16-34-27(28)33)30-15-20-18(11-12-36(4,5)7-2)9-8-10-19(20)13-24(30)29-23/h7-10,13,32H,2,6,11-12,14-16H2,1,3-5H3/t28-/m0/s1. The van der Waals surface area contributed by atoms with Crippen molar-refractivity contribution in [2.45, 2.75) is 64.4 Å². The lowest BCUT2D eigenvalue weighted by Gasteiger charge is -2.38. The van der Waals surface area contributed by atoms with Gasteiger partial charge in [-0.25, -0.2) is 9.78 Å². The number of carbonyl (C=O) groups is 2. The van der Waals surface area contributed by atoms with Gasteiger partial charge in [0.25, 0.3) is 0 Å². The maximum atomic E-state index is 12.8. The Balaban J connectivity index is 1.61. The molecule has 0 fully saturated rings. The number of aliphatic hydroxyl groups excluding tert-OH is 1. The van der Waals surface area contributed by atoms with Crippen molar-refractivity contribution in [3.8, 4) is 0 Å². The molecule has 0 saturated carbocycles. The van der Waals surface area contributed by atoms with Crippen LogP contribution in [0, 0.1) is 0 Å². The summed E-state index contributed by atoms with van der Waals surface area (Å²) in [5, 5.41) is 12.1. The largest absolute Gasteiger partial charge is 0.505 e. The molecule has 0 amide bonds.